The summed E-state index contributed by atoms with van der Waals surface area (Å²) in [4.78, 5) is 7.22. The van der Waals surface area contributed by atoms with Crippen LogP contribution < -0.4 is 10.6 Å². The molecule has 0 aliphatic carbocycles. The van der Waals surface area contributed by atoms with E-state index in [2.05, 4.69) is 36.3 Å². The van der Waals surface area contributed by atoms with Gasteiger partial charge in [-0.05, 0) is 31.4 Å². The molecular weight excluding hydrogens is 336 g/mol. The second-order valence-corrected chi connectivity index (χ2v) is 7.03. The summed E-state index contributed by atoms with van der Waals surface area (Å²) in [5, 5.41) is 7.56. The van der Waals surface area contributed by atoms with Gasteiger partial charge in [-0.15, -0.1) is 0 Å². The lowest BCUT2D eigenvalue weighted by molar-refractivity contribution is 0.0323. The van der Waals surface area contributed by atoms with Crippen molar-refractivity contribution in [3.63, 3.8) is 0 Å². The molecule has 25 heavy (non-hydrogen) atoms. The fourth-order valence-corrected chi connectivity index (χ4v) is 3.26. The number of halogens is 1. The molecule has 1 aromatic carbocycles. The number of ether oxygens (including phenoxy) is 1. The highest BCUT2D eigenvalue weighted by Gasteiger charge is 2.14. The van der Waals surface area contributed by atoms with Gasteiger partial charge in [0.15, 0.2) is 5.96 Å². The molecule has 2 rings (SSSR count). The molecule has 0 saturated carbocycles. The van der Waals surface area contributed by atoms with E-state index in [4.69, 9.17) is 21.3 Å². The third-order valence-electron chi connectivity index (χ3n) is 4.30. The van der Waals surface area contributed by atoms with Crippen molar-refractivity contribution in [1.29, 1.82) is 0 Å². The first-order chi connectivity index (χ1) is 12.1. The normalized spacial score (nSPS) is 18.6. The van der Waals surface area contributed by atoms with E-state index in [-0.39, 0.29) is 6.04 Å². The van der Waals surface area contributed by atoms with Crippen LogP contribution in [0.15, 0.2) is 29.3 Å². The third-order valence-corrected chi connectivity index (χ3v) is 4.65. The summed E-state index contributed by atoms with van der Waals surface area (Å²) in [7, 11) is 0. The molecule has 140 valence electrons. The average Bonchev–Trinajstić information content (AvgIpc) is 2.61. The van der Waals surface area contributed by atoms with E-state index < -0.39 is 0 Å². The van der Waals surface area contributed by atoms with Crippen molar-refractivity contribution in [3.8, 4) is 0 Å². The second-order valence-electron chi connectivity index (χ2n) is 6.63. The summed E-state index contributed by atoms with van der Waals surface area (Å²) < 4.78 is 5.41. The van der Waals surface area contributed by atoms with Crippen molar-refractivity contribution in [2.45, 2.75) is 26.8 Å². The summed E-state index contributed by atoms with van der Waals surface area (Å²) in [6.45, 7) is 12.9. The number of morpholine rings is 1. The summed E-state index contributed by atoms with van der Waals surface area (Å²) in [6, 6.07) is 8.02. The fraction of sp³-hybridized carbons (Fsp3) is 0.632. The highest BCUT2D eigenvalue weighted by atomic mass is 35.5. The minimum absolute atomic E-state index is 0.0982. The molecule has 2 N–H and O–H groups in total. The maximum absolute atomic E-state index is 6.30. The Labute approximate surface area is 156 Å². The van der Waals surface area contributed by atoms with E-state index in [9.17, 15) is 0 Å². The Balaban J connectivity index is 1.89. The molecule has 0 amide bonds. The molecule has 0 radical (unpaired) electrons. The van der Waals surface area contributed by atoms with Gasteiger partial charge >= 0.3 is 0 Å². The molecule has 1 aromatic rings. The van der Waals surface area contributed by atoms with Gasteiger partial charge in [0.05, 0.1) is 19.3 Å². The van der Waals surface area contributed by atoms with Crippen LogP contribution in [0.2, 0.25) is 5.02 Å². The van der Waals surface area contributed by atoms with E-state index in [0.717, 1.165) is 62.5 Å². The Morgan fingerprint density at radius 3 is 2.68 bits per heavy atom. The van der Waals surface area contributed by atoms with Crippen LogP contribution in [0, 0.1) is 5.92 Å². The molecule has 1 fully saturated rings. The van der Waals surface area contributed by atoms with Gasteiger partial charge in [0.2, 0.25) is 0 Å². The Morgan fingerprint density at radius 1 is 1.28 bits per heavy atom. The van der Waals surface area contributed by atoms with Crippen LogP contribution >= 0.6 is 11.6 Å². The maximum atomic E-state index is 6.30. The fourth-order valence-electron chi connectivity index (χ4n) is 2.96. The Bertz CT molecular complexity index is 546. The van der Waals surface area contributed by atoms with Crippen molar-refractivity contribution in [3.05, 3.63) is 34.9 Å². The lowest BCUT2D eigenvalue weighted by Crippen LogP contribution is -2.41. The lowest BCUT2D eigenvalue weighted by Gasteiger charge is -2.28. The van der Waals surface area contributed by atoms with Crippen LogP contribution in [-0.4, -0.2) is 56.8 Å². The summed E-state index contributed by atoms with van der Waals surface area (Å²) >= 11 is 6.30. The highest BCUT2D eigenvalue weighted by molar-refractivity contribution is 6.31. The maximum Gasteiger partial charge on any atom is 0.191 e. The quantitative estimate of drug-likeness (QED) is 0.575. The molecule has 5 nitrogen and oxygen atoms in total. The minimum atomic E-state index is 0.0982. The number of guanidine groups is 1. The molecule has 2 atom stereocenters. The molecule has 0 aromatic heterocycles. The lowest BCUT2D eigenvalue weighted by atomic mass is 10.1. The Morgan fingerprint density at radius 2 is 2.00 bits per heavy atom. The predicted octanol–water partition coefficient (Wildman–Crippen LogP) is 2.92. The van der Waals surface area contributed by atoms with Crippen LogP contribution in [0.5, 0.6) is 0 Å². The first-order valence-corrected chi connectivity index (χ1v) is 9.57. The predicted molar refractivity (Wildman–Crippen MR) is 105 cm³/mol. The zero-order valence-electron chi connectivity index (χ0n) is 15.6. The number of hydrogen-bond donors (Lipinski definition) is 2. The number of nitrogens with one attached hydrogen (secondary N) is 2. The van der Waals surface area contributed by atoms with Gasteiger partial charge in [-0.25, -0.2) is 0 Å². The van der Waals surface area contributed by atoms with E-state index in [1.165, 1.54) is 0 Å². The van der Waals surface area contributed by atoms with Crippen molar-refractivity contribution in [1.82, 2.24) is 15.5 Å². The first-order valence-electron chi connectivity index (χ1n) is 9.19. The third kappa shape index (κ3) is 6.84. The van der Waals surface area contributed by atoms with Crippen molar-refractivity contribution in [2.24, 2.45) is 10.9 Å². The van der Waals surface area contributed by atoms with Gasteiger partial charge in [0.1, 0.15) is 0 Å². The molecule has 1 aliphatic rings. The van der Waals surface area contributed by atoms with E-state index in [1.807, 2.05) is 24.3 Å². The van der Waals surface area contributed by atoms with Gasteiger partial charge in [-0.1, -0.05) is 36.7 Å². The zero-order chi connectivity index (χ0) is 18.1. The topological polar surface area (TPSA) is 48.9 Å². The summed E-state index contributed by atoms with van der Waals surface area (Å²) in [5.74, 6) is 1.34. The monoisotopic (exact) mass is 366 g/mol. The summed E-state index contributed by atoms with van der Waals surface area (Å²) in [5.41, 5.74) is 1.08. The van der Waals surface area contributed by atoms with E-state index >= 15 is 0 Å². The smallest absolute Gasteiger partial charge is 0.191 e. The largest absolute Gasteiger partial charge is 0.379 e. The van der Waals surface area contributed by atoms with Gasteiger partial charge < -0.3 is 15.4 Å². The average molecular weight is 367 g/mol. The Kier molecular flexibility index (Phi) is 8.52. The number of benzene rings is 1. The van der Waals surface area contributed by atoms with Gasteiger partial charge in [0, 0.05) is 37.7 Å². The Hall–Kier alpha value is -1.30. The zero-order valence-corrected chi connectivity index (χ0v) is 16.4. The molecule has 1 saturated heterocycles. The number of rotatable bonds is 7. The van der Waals surface area contributed by atoms with E-state index in [1.54, 1.807) is 0 Å². The standard InChI is InChI=1S/C19H31ClN4O/c1-4-21-19(23-16(3)17-7-5-6-8-18(17)20)22-13-15(2)14-24-9-11-25-12-10-24/h5-8,15-16H,4,9-14H2,1-3H3,(H2,21,22,23). The molecule has 1 aliphatic heterocycles. The first kappa shape index (κ1) is 20.0. The number of nitrogens with zero attached hydrogens (tertiary/aromatic N) is 2. The second kappa shape index (κ2) is 10.6. The molecular formula is C19H31ClN4O. The van der Waals surface area contributed by atoms with Gasteiger partial charge in [0.25, 0.3) is 0 Å². The van der Waals surface area contributed by atoms with Crippen LogP contribution in [0.1, 0.15) is 32.4 Å². The van der Waals surface area contributed by atoms with Gasteiger partial charge in [-0.3, -0.25) is 9.89 Å². The van der Waals surface area contributed by atoms with Crippen LogP contribution in [-0.2, 0) is 4.74 Å². The van der Waals surface area contributed by atoms with Crippen LogP contribution in [0.3, 0.4) is 0 Å². The van der Waals surface area contributed by atoms with Crippen LogP contribution in [0.4, 0.5) is 0 Å². The van der Waals surface area contributed by atoms with Gasteiger partial charge in [-0.2, -0.15) is 0 Å². The summed E-state index contributed by atoms with van der Waals surface area (Å²) in [6.07, 6.45) is 0. The number of hydrogen-bond acceptors (Lipinski definition) is 3. The van der Waals surface area contributed by atoms with Crippen molar-refractivity contribution < 1.29 is 4.74 Å². The van der Waals surface area contributed by atoms with Crippen molar-refractivity contribution in [2.75, 3.05) is 45.9 Å². The molecule has 2 unspecified atom stereocenters. The SMILES string of the molecule is CCNC(=NCC(C)CN1CCOCC1)NC(C)c1ccccc1Cl. The van der Waals surface area contributed by atoms with E-state index in [0.29, 0.717) is 5.92 Å². The molecule has 1 heterocycles. The molecule has 0 bridgehead atoms. The molecule has 6 heteroatoms. The van der Waals surface area contributed by atoms with Crippen molar-refractivity contribution >= 4 is 17.6 Å². The highest BCUT2D eigenvalue weighted by Crippen LogP contribution is 2.21. The molecule has 0 spiro atoms. The minimum Gasteiger partial charge on any atom is -0.379 e. The number of aliphatic imine (C=N–C) groups is 1. The van der Waals surface area contributed by atoms with Crippen LogP contribution in [0.25, 0.3) is 0 Å².